The van der Waals surface area contributed by atoms with Crippen LogP contribution in [0.25, 0.3) is 16.3 Å². The molecule has 1 fully saturated rings. The number of carbonyl (C=O) groups excluding carboxylic acids is 1. The van der Waals surface area contributed by atoms with Gasteiger partial charge < -0.3 is 14.5 Å². The van der Waals surface area contributed by atoms with Crippen molar-refractivity contribution in [2.24, 2.45) is 0 Å². The summed E-state index contributed by atoms with van der Waals surface area (Å²) in [5.41, 5.74) is 0.794. The lowest BCUT2D eigenvalue weighted by Crippen LogP contribution is -2.48. The van der Waals surface area contributed by atoms with Crippen molar-refractivity contribution in [1.29, 1.82) is 0 Å². The molecular formula is C19H18ClN3O2S2. The number of amides is 1. The van der Waals surface area contributed by atoms with E-state index in [-0.39, 0.29) is 5.91 Å². The Labute approximate surface area is 170 Å². The normalized spacial score (nSPS) is 15.0. The molecule has 5 nitrogen and oxygen atoms in total. The average Bonchev–Trinajstić information content (AvgIpc) is 3.37. The highest BCUT2D eigenvalue weighted by molar-refractivity contribution is 7.22. The molecule has 0 N–H and O–H groups in total. The fraction of sp³-hybridized carbons (Fsp3) is 0.263. The summed E-state index contributed by atoms with van der Waals surface area (Å²) in [6, 6.07) is 7.65. The van der Waals surface area contributed by atoms with Gasteiger partial charge in [0.05, 0.1) is 16.8 Å². The van der Waals surface area contributed by atoms with Gasteiger partial charge in [0.1, 0.15) is 11.3 Å². The van der Waals surface area contributed by atoms with Crippen molar-refractivity contribution < 1.29 is 9.53 Å². The highest BCUT2D eigenvalue weighted by Gasteiger charge is 2.23. The van der Waals surface area contributed by atoms with Crippen LogP contribution >= 0.6 is 34.3 Å². The molecule has 1 aromatic carbocycles. The summed E-state index contributed by atoms with van der Waals surface area (Å²) >= 11 is 9.50. The van der Waals surface area contributed by atoms with E-state index in [1.54, 1.807) is 35.9 Å². The number of thiazole rings is 1. The van der Waals surface area contributed by atoms with Crippen molar-refractivity contribution in [1.82, 2.24) is 9.88 Å². The van der Waals surface area contributed by atoms with Crippen molar-refractivity contribution in [3.8, 4) is 5.75 Å². The molecule has 0 radical (unpaired) electrons. The predicted molar refractivity (Wildman–Crippen MR) is 113 cm³/mol. The van der Waals surface area contributed by atoms with Gasteiger partial charge >= 0.3 is 0 Å². The summed E-state index contributed by atoms with van der Waals surface area (Å²) in [5.74, 6) is 0.779. The minimum atomic E-state index is 0.0528. The van der Waals surface area contributed by atoms with E-state index in [4.69, 9.17) is 21.3 Å². The zero-order chi connectivity index (χ0) is 18.8. The Hall–Kier alpha value is -2.09. The van der Waals surface area contributed by atoms with Crippen LogP contribution in [0.1, 0.15) is 4.88 Å². The highest BCUT2D eigenvalue weighted by Crippen LogP contribution is 2.38. The molecule has 8 heteroatoms. The van der Waals surface area contributed by atoms with E-state index in [0.717, 1.165) is 39.1 Å². The number of ether oxygens (including phenoxy) is 1. The van der Waals surface area contributed by atoms with Gasteiger partial charge in [0.25, 0.3) is 0 Å². The van der Waals surface area contributed by atoms with E-state index in [9.17, 15) is 4.79 Å². The first-order valence-electron chi connectivity index (χ1n) is 8.54. The van der Waals surface area contributed by atoms with Crippen molar-refractivity contribution in [3.63, 3.8) is 0 Å². The van der Waals surface area contributed by atoms with Crippen molar-refractivity contribution in [3.05, 3.63) is 45.6 Å². The third kappa shape index (κ3) is 3.81. The number of rotatable bonds is 4. The second-order valence-electron chi connectivity index (χ2n) is 6.08. The number of anilines is 1. The zero-order valence-electron chi connectivity index (χ0n) is 14.7. The number of nitrogens with zero attached hydrogens (tertiary/aromatic N) is 3. The molecule has 4 rings (SSSR count). The first-order chi connectivity index (χ1) is 13.2. The van der Waals surface area contributed by atoms with Gasteiger partial charge in [-0.25, -0.2) is 4.98 Å². The Kier molecular flexibility index (Phi) is 5.33. The van der Waals surface area contributed by atoms with E-state index in [2.05, 4.69) is 4.90 Å². The second-order valence-corrected chi connectivity index (χ2v) is 8.45. The maximum absolute atomic E-state index is 12.4. The van der Waals surface area contributed by atoms with Crippen molar-refractivity contribution in [2.75, 3.05) is 38.2 Å². The maximum atomic E-state index is 12.4. The zero-order valence-corrected chi connectivity index (χ0v) is 17.1. The summed E-state index contributed by atoms with van der Waals surface area (Å²) in [7, 11) is 1.63. The minimum absolute atomic E-state index is 0.0528. The van der Waals surface area contributed by atoms with Crippen LogP contribution in [0.3, 0.4) is 0 Å². The number of thiophene rings is 1. The lowest BCUT2D eigenvalue weighted by molar-refractivity contribution is -0.126. The third-order valence-electron chi connectivity index (χ3n) is 4.46. The topological polar surface area (TPSA) is 45.7 Å². The van der Waals surface area contributed by atoms with Gasteiger partial charge in [0.2, 0.25) is 5.91 Å². The molecule has 0 saturated carbocycles. The Balaban J connectivity index is 1.44. The number of fused-ring (bicyclic) bond motifs is 1. The molecule has 1 amide bonds. The van der Waals surface area contributed by atoms with E-state index < -0.39 is 0 Å². The molecule has 0 unspecified atom stereocenters. The number of aromatic nitrogens is 1. The summed E-state index contributed by atoms with van der Waals surface area (Å²) in [6.45, 7) is 2.85. The number of halogens is 1. The van der Waals surface area contributed by atoms with Gasteiger partial charge in [-0.05, 0) is 29.7 Å². The molecule has 1 aliphatic rings. The van der Waals surface area contributed by atoms with Crippen LogP contribution in [-0.2, 0) is 4.79 Å². The molecule has 3 aromatic rings. The van der Waals surface area contributed by atoms with Gasteiger partial charge in [-0.15, -0.1) is 11.3 Å². The Morgan fingerprint density at radius 1 is 1.26 bits per heavy atom. The SMILES string of the molecule is COc1ccc(Cl)c2sc(N3CCN(C(=O)/C=C/c4cccs4)CC3)nc12. The van der Waals surface area contributed by atoms with E-state index in [0.29, 0.717) is 18.1 Å². The predicted octanol–water partition coefficient (Wildman–Crippen LogP) is 4.38. The van der Waals surface area contributed by atoms with Crippen LogP contribution in [0.4, 0.5) is 5.13 Å². The lowest BCUT2D eigenvalue weighted by atomic mass is 10.3. The van der Waals surface area contributed by atoms with Crippen LogP contribution in [0.2, 0.25) is 5.02 Å². The van der Waals surface area contributed by atoms with Gasteiger partial charge in [-0.3, -0.25) is 4.79 Å². The molecule has 1 saturated heterocycles. The fourth-order valence-electron chi connectivity index (χ4n) is 3.00. The number of carbonyl (C=O) groups is 1. The van der Waals surface area contributed by atoms with Crippen LogP contribution in [-0.4, -0.2) is 49.1 Å². The Morgan fingerprint density at radius 2 is 2.07 bits per heavy atom. The van der Waals surface area contributed by atoms with Crippen LogP contribution in [0.5, 0.6) is 5.75 Å². The van der Waals surface area contributed by atoms with Gasteiger partial charge in [-0.2, -0.15) is 0 Å². The van der Waals surface area contributed by atoms with Crippen LogP contribution < -0.4 is 9.64 Å². The van der Waals surface area contributed by atoms with E-state index in [1.165, 1.54) is 0 Å². The highest BCUT2D eigenvalue weighted by atomic mass is 35.5. The quantitative estimate of drug-likeness (QED) is 0.588. The molecular weight excluding hydrogens is 402 g/mol. The Morgan fingerprint density at radius 3 is 2.78 bits per heavy atom. The number of benzene rings is 1. The van der Waals surface area contributed by atoms with Crippen LogP contribution in [0.15, 0.2) is 35.7 Å². The number of piperazine rings is 1. The lowest BCUT2D eigenvalue weighted by Gasteiger charge is -2.34. The molecule has 0 atom stereocenters. The monoisotopic (exact) mass is 419 g/mol. The summed E-state index contributed by atoms with van der Waals surface area (Å²) in [4.78, 5) is 22.3. The number of methoxy groups -OCH3 is 1. The van der Waals surface area contributed by atoms with E-state index in [1.807, 2.05) is 40.6 Å². The summed E-state index contributed by atoms with van der Waals surface area (Å²) in [5, 5.41) is 3.60. The molecule has 27 heavy (non-hydrogen) atoms. The number of hydrogen-bond donors (Lipinski definition) is 0. The summed E-state index contributed by atoms with van der Waals surface area (Å²) in [6.07, 6.45) is 3.53. The molecule has 0 spiro atoms. The largest absolute Gasteiger partial charge is 0.494 e. The first-order valence-corrected chi connectivity index (χ1v) is 10.6. The first kappa shape index (κ1) is 18.3. The Bertz CT molecular complexity index is 976. The molecule has 0 bridgehead atoms. The summed E-state index contributed by atoms with van der Waals surface area (Å²) < 4.78 is 6.33. The molecule has 3 heterocycles. The molecule has 140 valence electrons. The maximum Gasteiger partial charge on any atom is 0.246 e. The molecule has 1 aliphatic heterocycles. The van der Waals surface area contributed by atoms with Gasteiger partial charge in [0, 0.05) is 37.1 Å². The number of hydrogen-bond acceptors (Lipinski definition) is 6. The standard InChI is InChI=1S/C19H18ClN3O2S2/c1-25-15-6-5-14(20)18-17(15)21-19(27-18)23-10-8-22(9-11-23)16(24)7-4-13-3-2-12-26-13/h2-7,12H,8-11H2,1H3/b7-4+. The third-order valence-corrected chi connectivity index (χ3v) is 6.88. The molecule has 2 aromatic heterocycles. The smallest absolute Gasteiger partial charge is 0.246 e. The van der Waals surface area contributed by atoms with Gasteiger partial charge in [-0.1, -0.05) is 29.0 Å². The van der Waals surface area contributed by atoms with Crippen molar-refractivity contribution >= 4 is 61.6 Å². The average molecular weight is 420 g/mol. The fourth-order valence-corrected chi connectivity index (χ4v) is 4.93. The van der Waals surface area contributed by atoms with Crippen LogP contribution in [0, 0.1) is 0 Å². The minimum Gasteiger partial charge on any atom is -0.494 e. The second kappa shape index (κ2) is 7.88. The molecule has 0 aliphatic carbocycles. The van der Waals surface area contributed by atoms with Gasteiger partial charge in [0.15, 0.2) is 5.13 Å². The van der Waals surface area contributed by atoms with Crippen molar-refractivity contribution in [2.45, 2.75) is 0 Å². The van der Waals surface area contributed by atoms with E-state index >= 15 is 0 Å².